The fourth-order valence-electron chi connectivity index (χ4n) is 3.40. The first-order valence-corrected chi connectivity index (χ1v) is 9.32. The summed E-state index contributed by atoms with van der Waals surface area (Å²) in [5, 5.41) is 11.5. The first kappa shape index (κ1) is 18.1. The van der Waals surface area contributed by atoms with Crippen LogP contribution in [0, 0.1) is 0 Å². The molecule has 3 heterocycles. The van der Waals surface area contributed by atoms with E-state index >= 15 is 0 Å². The van der Waals surface area contributed by atoms with Gasteiger partial charge in [0, 0.05) is 13.0 Å². The third kappa shape index (κ3) is 3.11. The number of benzene rings is 2. The number of anilines is 1. The molecule has 0 saturated carbocycles. The number of halogens is 2. The molecule has 8 nitrogen and oxygen atoms in total. The van der Waals surface area contributed by atoms with Crippen molar-refractivity contribution in [3.05, 3.63) is 66.7 Å². The second kappa shape index (κ2) is 7.47. The largest absolute Gasteiger partial charge is 0.368 e. The van der Waals surface area contributed by atoms with Crippen LogP contribution in [0.4, 0.5) is 14.6 Å². The van der Waals surface area contributed by atoms with Crippen LogP contribution in [0.25, 0.3) is 27.9 Å². The zero-order valence-electron chi connectivity index (χ0n) is 15.7. The molecule has 0 unspecified atom stereocenters. The number of fused-ring (bicyclic) bond motifs is 2. The average Bonchev–Trinajstić information content (AvgIpc) is 3.36. The van der Waals surface area contributed by atoms with Gasteiger partial charge in [-0.3, -0.25) is 4.57 Å². The Morgan fingerprint density at radius 3 is 2.60 bits per heavy atom. The van der Waals surface area contributed by atoms with Crippen LogP contribution in [0.3, 0.4) is 0 Å². The molecule has 0 amide bonds. The summed E-state index contributed by atoms with van der Waals surface area (Å²) in [6, 6.07) is 16.4. The second-order valence-corrected chi connectivity index (χ2v) is 6.57. The third-order valence-electron chi connectivity index (χ3n) is 4.74. The van der Waals surface area contributed by atoms with E-state index in [0.29, 0.717) is 40.4 Å². The molecule has 10 heteroatoms. The van der Waals surface area contributed by atoms with E-state index in [9.17, 15) is 8.78 Å². The molecule has 0 spiro atoms. The molecule has 0 aliphatic heterocycles. The van der Waals surface area contributed by atoms with Crippen LogP contribution < -0.4 is 5.32 Å². The highest BCUT2D eigenvalue weighted by molar-refractivity contribution is 5.83. The van der Waals surface area contributed by atoms with Gasteiger partial charge >= 0.3 is 6.55 Å². The lowest BCUT2D eigenvalue weighted by Crippen LogP contribution is -2.12. The summed E-state index contributed by atoms with van der Waals surface area (Å²) in [6.45, 7) is -2.32. The minimum atomic E-state index is -2.66. The summed E-state index contributed by atoms with van der Waals surface area (Å²) in [5.41, 5.74) is 2.85. The summed E-state index contributed by atoms with van der Waals surface area (Å²) in [5.74, 6) is 0.791. The Balaban J connectivity index is 1.40. The highest BCUT2D eigenvalue weighted by atomic mass is 19.3. The standard InChI is InChI=1S/C20H16F2N8/c21-20(22)29-15-9-5-4-8-14(15)26-16(29)10-11-23-18-17-19(25-12-24-18)30(28-27-17)13-6-2-1-3-7-13/h1-9,12,20H,10-11H2,(H,23,24,25). The highest BCUT2D eigenvalue weighted by Crippen LogP contribution is 2.24. The lowest BCUT2D eigenvalue weighted by Gasteiger charge is -2.09. The molecule has 0 radical (unpaired) electrons. The summed E-state index contributed by atoms with van der Waals surface area (Å²) in [4.78, 5) is 12.9. The van der Waals surface area contributed by atoms with Crippen molar-refractivity contribution >= 4 is 28.0 Å². The molecule has 5 aromatic rings. The Bertz CT molecular complexity index is 1310. The molecule has 30 heavy (non-hydrogen) atoms. The SMILES string of the molecule is FC(F)n1c(CCNc2ncnc3c2nnn3-c2ccccc2)nc2ccccc21. The van der Waals surface area contributed by atoms with Crippen molar-refractivity contribution < 1.29 is 8.78 Å². The van der Waals surface area contributed by atoms with E-state index in [4.69, 9.17) is 0 Å². The first-order chi connectivity index (χ1) is 14.7. The average molecular weight is 406 g/mol. The van der Waals surface area contributed by atoms with Gasteiger partial charge in [-0.05, 0) is 24.3 Å². The molecule has 0 aliphatic rings. The fourth-order valence-corrected chi connectivity index (χ4v) is 3.40. The smallest absolute Gasteiger partial charge is 0.320 e. The monoisotopic (exact) mass is 406 g/mol. The number of para-hydroxylation sites is 3. The van der Waals surface area contributed by atoms with E-state index in [0.717, 1.165) is 10.3 Å². The van der Waals surface area contributed by atoms with Crippen LogP contribution in [-0.4, -0.2) is 41.1 Å². The Kier molecular flexibility index (Phi) is 4.51. The van der Waals surface area contributed by atoms with Gasteiger partial charge in [-0.25, -0.2) is 15.0 Å². The summed E-state index contributed by atoms with van der Waals surface area (Å²) in [7, 11) is 0. The lowest BCUT2D eigenvalue weighted by molar-refractivity contribution is 0.0716. The molecule has 2 aromatic carbocycles. The molecular weight excluding hydrogens is 390 g/mol. The molecule has 1 N–H and O–H groups in total. The van der Waals surface area contributed by atoms with Gasteiger partial charge in [0.05, 0.1) is 16.7 Å². The van der Waals surface area contributed by atoms with Crippen molar-refractivity contribution in [1.29, 1.82) is 0 Å². The molecule has 0 fully saturated rings. The van der Waals surface area contributed by atoms with Gasteiger partial charge < -0.3 is 5.32 Å². The van der Waals surface area contributed by atoms with Crippen molar-refractivity contribution in [3.8, 4) is 5.69 Å². The van der Waals surface area contributed by atoms with Crippen LogP contribution in [0.5, 0.6) is 0 Å². The van der Waals surface area contributed by atoms with Crippen molar-refractivity contribution in [2.75, 3.05) is 11.9 Å². The minimum Gasteiger partial charge on any atom is -0.368 e. The molecule has 0 saturated heterocycles. The number of hydrogen-bond donors (Lipinski definition) is 1. The summed E-state index contributed by atoms with van der Waals surface area (Å²) >= 11 is 0. The van der Waals surface area contributed by atoms with E-state index in [2.05, 4.69) is 30.6 Å². The number of imidazole rings is 1. The van der Waals surface area contributed by atoms with E-state index in [1.807, 2.05) is 30.3 Å². The maximum Gasteiger partial charge on any atom is 0.320 e. The minimum absolute atomic E-state index is 0.289. The zero-order valence-corrected chi connectivity index (χ0v) is 15.7. The number of nitrogens with one attached hydrogen (secondary N) is 1. The maximum atomic E-state index is 13.6. The number of hydrogen-bond acceptors (Lipinski definition) is 6. The molecule has 150 valence electrons. The number of rotatable bonds is 6. The Labute approximate surface area is 169 Å². The molecule has 3 aromatic heterocycles. The maximum absolute atomic E-state index is 13.6. The molecule has 0 bridgehead atoms. The number of nitrogens with zero attached hydrogens (tertiary/aromatic N) is 7. The van der Waals surface area contributed by atoms with Crippen molar-refractivity contribution in [1.82, 2.24) is 34.5 Å². The van der Waals surface area contributed by atoms with Gasteiger partial charge in [0.2, 0.25) is 0 Å². The van der Waals surface area contributed by atoms with E-state index in [1.165, 1.54) is 6.33 Å². The normalized spacial score (nSPS) is 11.6. The number of alkyl halides is 2. The Morgan fingerprint density at radius 2 is 1.77 bits per heavy atom. The van der Waals surface area contributed by atoms with Crippen molar-refractivity contribution in [2.24, 2.45) is 0 Å². The van der Waals surface area contributed by atoms with Gasteiger partial charge in [0.15, 0.2) is 17.0 Å². The first-order valence-electron chi connectivity index (χ1n) is 9.32. The second-order valence-electron chi connectivity index (χ2n) is 6.57. The molecule has 5 rings (SSSR count). The fraction of sp³-hybridized carbons (Fsp3) is 0.150. The lowest BCUT2D eigenvalue weighted by atomic mass is 10.3. The van der Waals surface area contributed by atoms with Crippen molar-refractivity contribution in [2.45, 2.75) is 13.0 Å². The van der Waals surface area contributed by atoms with Crippen LogP contribution in [0.1, 0.15) is 12.4 Å². The Morgan fingerprint density at radius 1 is 0.967 bits per heavy atom. The summed E-state index contributed by atoms with van der Waals surface area (Å²) in [6.07, 6.45) is 1.71. The van der Waals surface area contributed by atoms with Gasteiger partial charge in [0.25, 0.3) is 0 Å². The topological polar surface area (TPSA) is 86.3 Å². The van der Waals surface area contributed by atoms with Gasteiger partial charge in [0.1, 0.15) is 12.2 Å². The quantitative estimate of drug-likeness (QED) is 0.464. The predicted octanol–water partition coefficient (Wildman–Crippen LogP) is 3.61. The van der Waals surface area contributed by atoms with Crippen LogP contribution in [0.2, 0.25) is 0 Å². The van der Waals surface area contributed by atoms with Crippen LogP contribution in [0.15, 0.2) is 60.9 Å². The Hall–Kier alpha value is -3.95. The molecule has 0 aliphatic carbocycles. The zero-order chi connectivity index (χ0) is 20.5. The van der Waals surface area contributed by atoms with Crippen LogP contribution in [-0.2, 0) is 6.42 Å². The van der Waals surface area contributed by atoms with Gasteiger partial charge in [-0.15, -0.1) is 5.10 Å². The van der Waals surface area contributed by atoms with E-state index in [1.54, 1.807) is 28.9 Å². The van der Waals surface area contributed by atoms with Crippen molar-refractivity contribution in [3.63, 3.8) is 0 Å². The third-order valence-corrected chi connectivity index (χ3v) is 4.74. The highest BCUT2D eigenvalue weighted by Gasteiger charge is 2.18. The predicted molar refractivity (Wildman–Crippen MR) is 108 cm³/mol. The molecular formula is C20H16F2N8. The van der Waals surface area contributed by atoms with E-state index in [-0.39, 0.29) is 6.42 Å². The van der Waals surface area contributed by atoms with Crippen LogP contribution >= 0.6 is 0 Å². The molecule has 0 atom stereocenters. The summed E-state index contributed by atoms with van der Waals surface area (Å²) < 4.78 is 29.7. The van der Waals surface area contributed by atoms with Gasteiger partial charge in [-0.2, -0.15) is 13.5 Å². The number of aromatic nitrogens is 7. The van der Waals surface area contributed by atoms with Gasteiger partial charge in [-0.1, -0.05) is 35.5 Å². The van der Waals surface area contributed by atoms with E-state index < -0.39 is 6.55 Å².